The summed E-state index contributed by atoms with van der Waals surface area (Å²) in [6.07, 6.45) is 6.43. The first kappa shape index (κ1) is 20.6. The topological polar surface area (TPSA) is 30.5 Å². The average Bonchev–Trinajstić information content (AvgIpc) is 3.13. The number of halogens is 3. The fraction of sp³-hybridized carbons (Fsp3) is 1.00. The van der Waals surface area contributed by atoms with E-state index in [1.165, 1.54) is 12.8 Å². The van der Waals surface area contributed by atoms with Crippen molar-refractivity contribution in [2.45, 2.75) is 74.0 Å². The molecule has 4 fully saturated rings. The summed E-state index contributed by atoms with van der Waals surface area (Å²) in [6.45, 7) is 6.61. The Morgan fingerprint density at radius 3 is 2.41 bits per heavy atom. The van der Waals surface area contributed by atoms with Crippen LogP contribution in [0.2, 0.25) is 0 Å². The highest BCUT2D eigenvalue weighted by Gasteiger charge is 2.38. The number of piperazine rings is 1. The van der Waals surface area contributed by atoms with Gasteiger partial charge in [0.15, 0.2) is 0 Å². The molecule has 2 aliphatic carbocycles. The lowest BCUT2D eigenvalue weighted by atomic mass is 9.79. The zero-order valence-corrected chi connectivity index (χ0v) is 17.8. The van der Waals surface area contributed by atoms with Gasteiger partial charge in [-0.3, -0.25) is 15.8 Å². The van der Waals surface area contributed by atoms with Crippen LogP contribution in [-0.4, -0.2) is 78.1 Å². The largest absolute Gasteiger partial charge is 0.300 e. The zero-order valence-electron chi connectivity index (χ0n) is 16.3. The Bertz CT molecular complexity index is 469. The Balaban J connectivity index is 1.25. The standard InChI is InChI=1S/C20H35Cl2FN4/c21-17-2-1-3-18(19(17)22)27-10-8-26(9-11-27)13-15-12-24-25-20(15)14-4-6-16(23)7-5-14/h14-20,24-25H,1-13H2. The maximum absolute atomic E-state index is 13.5. The molecule has 2 heterocycles. The molecule has 0 radical (unpaired) electrons. The minimum atomic E-state index is -0.569. The van der Waals surface area contributed by atoms with Gasteiger partial charge in [-0.05, 0) is 44.4 Å². The molecular weight excluding hydrogens is 386 g/mol. The van der Waals surface area contributed by atoms with Gasteiger partial charge in [-0.2, -0.15) is 0 Å². The Labute approximate surface area is 173 Å². The van der Waals surface area contributed by atoms with E-state index >= 15 is 0 Å². The number of nitrogens with zero attached hydrogens (tertiary/aromatic N) is 2. The SMILES string of the molecule is FC1CCC(C2NNCC2CN2CCN(C3CCCC(Cl)C3Cl)CC2)CC1. The average molecular weight is 421 g/mol. The van der Waals surface area contributed by atoms with Gasteiger partial charge in [0.25, 0.3) is 0 Å². The van der Waals surface area contributed by atoms with Crippen LogP contribution in [0.5, 0.6) is 0 Å². The second-order valence-corrected chi connectivity index (χ2v) is 10.2. The quantitative estimate of drug-likeness (QED) is 0.684. The van der Waals surface area contributed by atoms with Gasteiger partial charge >= 0.3 is 0 Å². The molecule has 7 heteroatoms. The Morgan fingerprint density at radius 2 is 1.67 bits per heavy atom. The predicted molar refractivity (Wildman–Crippen MR) is 110 cm³/mol. The van der Waals surface area contributed by atoms with E-state index in [2.05, 4.69) is 20.7 Å². The van der Waals surface area contributed by atoms with Gasteiger partial charge in [0, 0.05) is 57.3 Å². The van der Waals surface area contributed by atoms with Gasteiger partial charge in [-0.1, -0.05) is 6.42 Å². The van der Waals surface area contributed by atoms with Crippen LogP contribution in [0.1, 0.15) is 44.9 Å². The number of hydrazine groups is 1. The number of hydrogen-bond acceptors (Lipinski definition) is 4. The van der Waals surface area contributed by atoms with Crippen LogP contribution in [-0.2, 0) is 0 Å². The normalized spacial score (nSPS) is 45.2. The minimum Gasteiger partial charge on any atom is -0.300 e. The molecule has 156 valence electrons. The Kier molecular flexibility index (Phi) is 7.21. The van der Waals surface area contributed by atoms with Gasteiger partial charge < -0.3 is 4.90 Å². The molecule has 0 aromatic rings. The van der Waals surface area contributed by atoms with Crippen molar-refractivity contribution in [2.75, 3.05) is 39.3 Å². The zero-order chi connectivity index (χ0) is 18.8. The summed E-state index contributed by atoms with van der Waals surface area (Å²) in [5.74, 6) is 1.25. The first-order valence-corrected chi connectivity index (χ1v) is 11.9. The number of alkyl halides is 3. The molecule has 0 bridgehead atoms. The van der Waals surface area contributed by atoms with E-state index in [9.17, 15) is 4.39 Å². The van der Waals surface area contributed by atoms with E-state index in [1.54, 1.807) is 0 Å². The molecule has 2 saturated heterocycles. The van der Waals surface area contributed by atoms with Crippen LogP contribution in [0.15, 0.2) is 0 Å². The maximum Gasteiger partial charge on any atom is 0.100 e. The molecule has 4 rings (SSSR count). The molecular formula is C20H35Cl2FN4. The van der Waals surface area contributed by atoms with E-state index in [0.717, 1.165) is 71.4 Å². The molecule has 2 N–H and O–H groups in total. The fourth-order valence-corrected chi connectivity index (χ4v) is 6.48. The minimum absolute atomic E-state index is 0.0882. The second kappa shape index (κ2) is 9.44. The predicted octanol–water partition coefficient (Wildman–Crippen LogP) is 2.99. The van der Waals surface area contributed by atoms with E-state index in [1.807, 2.05) is 0 Å². The van der Waals surface area contributed by atoms with Crippen molar-refractivity contribution < 1.29 is 4.39 Å². The molecule has 5 unspecified atom stereocenters. The van der Waals surface area contributed by atoms with Crippen LogP contribution in [0.3, 0.4) is 0 Å². The number of nitrogens with one attached hydrogen (secondary N) is 2. The smallest absolute Gasteiger partial charge is 0.100 e. The summed E-state index contributed by atoms with van der Waals surface area (Å²) in [5, 5.41) is 0.212. The van der Waals surface area contributed by atoms with E-state index in [4.69, 9.17) is 23.2 Å². The van der Waals surface area contributed by atoms with Crippen LogP contribution in [0.4, 0.5) is 4.39 Å². The first-order chi connectivity index (χ1) is 13.1. The van der Waals surface area contributed by atoms with Crippen molar-refractivity contribution in [3.8, 4) is 0 Å². The molecule has 2 aliphatic heterocycles. The van der Waals surface area contributed by atoms with E-state index < -0.39 is 6.17 Å². The lowest BCUT2D eigenvalue weighted by Crippen LogP contribution is -2.56. The van der Waals surface area contributed by atoms with Gasteiger partial charge in [-0.25, -0.2) is 4.39 Å². The lowest BCUT2D eigenvalue weighted by Gasteiger charge is -2.44. The molecule has 2 saturated carbocycles. The molecule has 0 amide bonds. The van der Waals surface area contributed by atoms with E-state index in [-0.39, 0.29) is 10.8 Å². The summed E-state index contributed by atoms with van der Waals surface area (Å²) >= 11 is 13.0. The molecule has 0 spiro atoms. The van der Waals surface area contributed by atoms with Crippen LogP contribution in [0, 0.1) is 11.8 Å². The monoisotopic (exact) mass is 420 g/mol. The summed E-state index contributed by atoms with van der Waals surface area (Å²) in [7, 11) is 0. The van der Waals surface area contributed by atoms with Crippen LogP contribution in [0.25, 0.3) is 0 Å². The Morgan fingerprint density at radius 1 is 0.926 bits per heavy atom. The third kappa shape index (κ3) is 4.92. The molecule has 27 heavy (non-hydrogen) atoms. The van der Waals surface area contributed by atoms with Crippen molar-refractivity contribution in [1.29, 1.82) is 0 Å². The first-order valence-electron chi connectivity index (χ1n) is 11.0. The van der Waals surface area contributed by atoms with Crippen LogP contribution < -0.4 is 10.9 Å². The second-order valence-electron chi connectivity index (χ2n) is 9.12. The fourth-order valence-electron chi connectivity index (χ4n) is 5.75. The maximum atomic E-state index is 13.5. The highest BCUT2D eigenvalue weighted by molar-refractivity contribution is 6.30. The van der Waals surface area contributed by atoms with Crippen LogP contribution >= 0.6 is 23.2 Å². The molecule has 4 aliphatic rings. The Hall–Kier alpha value is 0.350. The highest BCUT2D eigenvalue weighted by Crippen LogP contribution is 2.34. The molecule has 0 aromatic heterocycles. The van der Waals surface area contributed by atoms with Crippen molar-refractivity contribution in [3.63, 3.8) is 0 Å². The summed E-state index contributed by atoms with van der Waals surface area (Å²) in [6, 6.07) is 0.946. The lowest BCUT2D eigenvalue weighted by molar-refractivity contribution is 0.0684. The number of hydrogen-bond donors (Lipinski definition) is 2. The third-order valence-electron chi connectivity index (χ3n) is 7.41. The van der Waals surface area contributed by atoms with Gasteiger partial charge in [0.05, 0.1) is 10.8 Å². The third-order valence-corrected chi connectivity index (χ3v) is 8.63. The van der Waals surface area contributed by atoms with Gasteiger partial charge in [-0.15, -0.1) is 23.2 Å². The molecule has 5 atom stereocenters. The number of rotatable bonds is 4. The van der Waals surface area contributed by atoms with Crippen molar-refractivity contribution in [3.05, 3.63) is 0 Å². The highest BCUT2D eigenvalue weighted by atomic mass is 35.5. The van der Waals surface area contributed by atoms with E-state index in [0.29, 0.717) is 23.9 Å². The van der Waals surface area contributed by atoms with Crippen molar-refractivity contribution in [1.82, 2.24) is 20.7 Å². The van der Waals surface area contributed by atoms with Crippen molar-refractivity contribution >= 4 is 23.2 Å². The van der Waals surface area contributed by atoms with Gasteiger partial charge in [0.2, 0.25) is 0 Å². The van der Waals surface area contributed by atoms with Crippen molar-refractivity contribution in [2.24, 2.45) is 11.8 Å². The summed E-state index contributed by atoms with van der Waals surface area (Å²) in [4.78, 5) is 5.20. The van der Waals surface area contributed by atoms with Gasteiger partial charge in [0.1, 0.15) is 6.17 Å². The molecule has 0 aromatic carbocycles. The summed E-state index contributed by atoms with van der Waals surface area (Å²) in [5.41, 5.74) is 6.89. The summed E-state index contributed by atoms with van der Waals surface area (Å²) < 4.78 is 13.5. The molecule has 4 nitrogen and oxygen atoms in total.